The minimum Gasteiger partial charge on any atom is -0.232 e. The van der Waals surface area contributed by atoms with Crippen molar-refractivity contribution in [1.82, 2.24) is 9.78 Å². The minimum atomic E-state index is 0.996. The van der Waals surface area contributed by atoms with E-state index in [2.05, 4.69) is 49.4 Å². The Balaban J connectivity index is 1.91. The number of aromatic nitrogens is 2. The van der Waals surface area contributed by atoms with Crippen molar-refractivity contribution in [1.29, 1.82) is 0 Å². The first kappa shape index (κ1) is 14.0. The fourth-order valence-electron chi connectivity index (χ4n) is 2.64. The highest BCUT2D eigenvalue weighted by Crippen LogP contribution is 2.32. The average Bonchev–Trinajstić information content (AvgIpc) is 3.23. The third-order valence-electron chi connectivity index (χ3n) is 3.77. The molecule has 23 heavy (non-hydrogen) atoms. The second kappa shape index (κ2) is 5.86. The molecule has 0 radical (unpaired) electrons. The van der Waals surface area contributed by atoms with Crippen LogP contribution >= 0.6 is 11.3 Å². The van der Waals surface area contributed by atoms with Crippen LogP contribution in [-0.4, -0.2) is 9.78 Å². The molecule has 0 atom stereocenters. The van der Waals surface area contributed by atoms with Gasteiger partial charge in [-0.1, -0.05) is 48.5 Å². The molecule has 0 unspecified atom stereocenters. The first-order valence-electron chi connectivity index (χ1n) is 7.59. The van der Waals surface area contributed by atoms with E-state index in [0.29, 0.717) is 0 Å². The van der Waals surface area contributed by atoms with Gasteiger partial charge in [0.1, 0.15) is 0 Å². The molecule has 0 spiro atoms. The number of nitrogens with zero attached hydrogens (tertiary/aromatic N) is 2. The largest absolute Gasteiger partial charge is 0.232 e. The molecule has 4 aromatic rings. The predicted octanol–water partition coefficient (Wildman–Crippen LogP) is 5.58. The van der Waals surface area contributed by atoms with Crippen LogP contribution in [0.1, 0.15) is 4.88 Å². The van der Waals surface area contributed by atoms with E-state index in [0.717, 1.165) is 22.6 Å². The van der Waals surface area contributed by atoms with Crippen molar-refractivity contribution < 1.29 is 0 Å². The van der Waals surface area contributed by atoms with Crippen LogP contribution in [0.5, 0.6) is 0 Å². The Labute approximate surface area is 139 Å². The van der Waals surface area contributed by atoms with Gasteiger partial charge < -0.3 is 0 Å². The number of hydrogen-bond donors (Lipinski definition) is 0. The Morgan fingerprint density at radius 3 is 2.17 bits per heavy atom. The molecule has 0 fully saturated rings. The SMILES string of the molecule is Cc1ccc(-c2cc(-c3ccccc3)nn2-c2ccccc2)s1. The molecule has 0 saturated heterocycles. The quantitative estimate of drug-likeness (QED) is 0.482. The van der Waals surface area contributed by atoms with E-state index >= 15 is 0 Å². The number of hydrogen-bond acceptors (Lipinski definition) is 2. The molecular formula is C20H16N2S. The number of rotatable bonds is 3. The molecule has 0 aliphatic rings. The van der Waals surface area contributed by atoms with Gasteiger partial charge in [-0.15, -0.1) is 11.3 Å². The molecule has 2 heterocycles. The van der Waals surface area contributed by atoms with Crippen LogP contribution in [0.2, 0.25) is 0 Å². The van der Waals surface area contributed by atoms with E-state index in [1.165, 1.54) is 9.75 Å². The van der Waals surface area contributed by atoms with Crippen molar-refractivity contribution in [2.75, 3.05) is 0 Å². The van der Waals surface area contributed by atoms with Crippen molar-refractivity contribution in [2.45, 2.75) is 6.92 Å². The summed E-state index contributed by atoms with van der Waals surface area (Å²) in [4.78, 5) is 2.54. The van der Waals surface area contributed by atoms with Gasteiger partial charge in [0, 0.05) is 10.4 Å². The highest BCUT2D eigenvalue weighted by atomic mass is 32.1. The van der Waals surface area contributed by atoms with Crippen molar-refractivity contribution in [2.24, 2.45) is 0 Å². The number of para-hydroxylation sites is 1. The zero-order valence-electron chi connectivity index (χ0n) is 12.8. The predicted molar refractivity (Wildman–Crippen MR) is 97.1 cm³/mol. The smallest absolute Gasteiger partial charge is 0.0934 e. The summed E-state index contributed by atoms with van der Waals surface area (Å²) >= 11 is 1.80. The van der Waals surface area contributed by atoms with Crippen LogP contribution in [0.15, 0.2) is 78.9 Å². The Morgan fingerprint density at radius 1 is 0.826 bits per heavy atom. The molecule has 2 aromatic carbocycles. The number of aryl methyl sites for hydroxylation is 1. The summed E-state index contributed by atoms with van der Waals surface area (Å²) in [6.07, 6.45) is 0. The van der Waals surface area contributed by atoms with Crippen LogP contribution in [0.4, 0.5) is 0 Å². The fraction of sp³-hybridized carbons (Fsp3) is 0.0500. The monoisotopic (exact) mass is 316 g/mol. The van der Waals surface area contributed by atoms with Gasteiger partial charge in [0.25, 0.3) is 0 Å². The van der Waals surface area contributed by atoms with E-state index in [-0.39, 0.29) is 0 Å². The molecule has 0 amide bonds. The zero-order chi connectivity index (χ0) is 15.6. The lowest BCUT2D eigenvalue weighted by Crippen LogP contribution is -1.98. The molecule has 2 aromatic heterocycles. The molecule has 2 nitrogen and oxygen atoms in total. The lowest BCUT2D eigenvalue weighted by atomic mass is 10.1. The summed E-state index contributed by atoms with van der Waals surface area (Å²) < 4.78 is 2.04. The van der Waals surface area contributed by atoms with Gasteiger partial charge in [-0.3, -0.25) is 0 Å². The molecule has 0 bridgehead atoms. The molecule has 0 N–H and O–H groups in total. The van der Waals surface area contributed by atoms with Crippen molar-refractivity contribution in [3.05, 3.63) is 83.7 Å². The summed E-state index contributed by atoms with van der Waals surface area (Å²) in [5.74, 6) is 0. The normalized spacial score (nSPS) is 10.8. The Morgan fingerprint density at radius 2 is 1.52 bits per heavy atom. The van der Waals surface area contributed by atoms with Gasteiger partial charge in [0.05, 0.1) is 22.0 Å². The molecule has 0 aliphatic carbocycles. The first-order valence-corrected chi connectivity index (χ1v) is 8.40. The number of thiophene rings is 1. The molecule has 0 saturated carbocycles. The van der Waals surface area contributed by atoms with E-state index in [1.54, 1.807) is 11.3 Å². The molecule has 0 aliphatic heterocycles. The number of benzene rings is 2. The van der Waals surface area contributed by atoms with Gasteiger partial charge in [-0.05, 0) is 37.3 Å². The Kier molecular flexibility index (Phi) is 3.56. The lowest BCUT2D eigenvalue weighted by molar-refractivity contribution is 0.894. The van der Waals surface area contributed by atoms with Crippen LogP contribution in [-0.2, 0) is 0 Å². The van der Waals surface area contributed by atoms with Crippen LogP contribution in [0, 0.1) is 6.92 Å². The third kappa shape index (κ3) is 2.71. The molecular weight excluding hydrogens is 300 g/mol. The van der Waals surface area contributed by atoms with Crippen LogP contribution in [0.25, 0.3) is 27.5 Å². The molecule has 4 rings (SSSR count). The maximum absolute atomic E-state index is 4.86. The van der Waals surface area contributed by atoms with Crippen LogP contribution in [0.3, 0.4) is 0 Å². The van der Waals surface area contributed by atoms with Gasteiger partial charge in [0.2, 0.25) is 0 Å². The summed E-state index contributed by atoms with van der Waals surface area (Å²) in [5, 5.41) is 4.86. The summed E-state index contributed by atoms with van der Waals surface area (Å²) in [7, 11) is 0. The summed E-state index contributed by atoms with van der Waals surface area (Å²) in [6, 6.07) is 27.1. The second-order valence-electron chi connectivity index (χ2n) is 5.44. The lowest BCUT2D eigenvalue weighted by Gasteiger charge is -2.05. The van der Waals surface area contributed by atoms with E-state index in [1.807, 2.05) is 41.1 Å². The van der Waals surface area contributed by atoms with Crippen molar-refractivity contribution in [3.63, 3.8) is 0 Å². The molecule has 112 valence electrons. The highest BCUT2D eigenvalue weighted by Gasteiger charge is 2.14. The molecule has 3 heteroatoms. The van der Waals surface area contributed by atoms with Crippen LogP contribution < -0.4 is 0 Å². The van der Waals surface area contributed by atoms with Gasteiger partial charge >= 0.3 is 0 Å². The minimum absolute atomic E-state index is 0.996. The van der Waals surface area contributed by atoms with Gasteiger partial charge in [-0.25, -0.2) is 4.68 Å². The standard InChI is InChI=1S/C20H16N2S/c1-15-12-13-20(23-15)19-14-18(16-8-4-2-5-9-16)21-22(19)17-10-6-3-7-11-17/h2-14H,1H3. The zero-order valence-corrected chi connectivity index (χ0v) is 13.6. The van der Waals surface area contributed by atoms with Gasteiger partial charge in [-0.2, -0.15) is 5.10 Å². The Hall–Kier alpha value is -2.65. The maximum atomic E-state index is 4.86. The highest BCUT2D eigenvalue weighted by molar-refractivity contribution is 7.15. The average molecular weight is 316 g/mol. The van der Waals surface area contributed by atoms with Crippen molar-refractivity contribution in [3.8, 4) is 27.5 Å². The topological polar surface area (TPSA) is 17.8 Å². The third-order valence-corrected chi connectivity index (χ3v) is 4.80. The van der Waals surface area contributed by atoms with E-state index < -0.39 is 0 Å². The maximum Gasteiger partial charge on any atom is 0.0934 e. The second-order valence-corrected chi connectivity index (χ2v) is 6.73. The summed E-state index contributed by atoms with van der Waals surface area (Å²) in [5.41, 5.74) is 4.34. The Bertz CT molecular complexity index is 921. The van der Waals surface area contributed by atoms with E-state index in [9.17, 15) is 0 Å². The van der Waals surface area contributed by atoms with E-state index in [4.69, 9.17) is 5.10 Å². The fourth-order valence-corrected chi connectivity index (χ4v) is 3.51. The van der Waals surface area contributed by atoms with Gasteiger partial charge in [0.15, 0.2) is 0 Å². The first-order chi connectivity index (χ1) is 11.3. The summed E-state index contributed by atoms with van der Waals surface area (Å²) in [6.45, 7) is 2.13. The van der Waals surface area contributed by atoms with Crippen molar-refractivity contribution >= 4 is 11.3 Å².